The molecule has 62 valence electrons. The van der Waals surface area contributed by atoms with Gasteiger partial charge in [-0.3, -0.25) is 0 Å². The largest absolute Gasteiger partial charge is 0.329 e. The van der Waals surface area contributed by atoms with Gasteiger partial charge in [-0.1, -0.05) is 22.6 Å². The second-order valence-electron chi connectivity index (χ2n) is 2.11. The topological polar surface area (TPSA) is 55.3 Å². The minimum atomic E-state index is 0.733. The minimum Gasteiger partial charge on any atom is -0.329 e. The third-order valence-corrected chi connectivity index (χ3v) is 1.77. The van der Waals surface area contributed by atoms with E-state index in [1.54, 1.807) is 0 Å². The van der Waals surface area contributed by atoms with Crippen LogP contribution in [0.3, 0.4) is 0 Å². The van der Waals surface area contributed by atoms with Crippen molar-refractivity contribution in [2.45, 2.75) is 0 Å². The molecule has 0 aliphatic rings. The predicted octanol–water partition coefficient (Wildman–Crippen LogP) is -0.359. The third-order valence-electron chi connectivity index (χ3n) is 1.29. The molecule has 0 heterocycles. The minimum absolute atomic E-state index is 0.733. The number of rotatable bonds is 6. The third kappa shape index (κ3) is 5.40. The Morgan fingerprint density at radius 1 is 1.00 bits per heavy atom. The Hall–Kier alpha value is 0.610. The molecular formula is C6H16IN3. The fraction of sp³-hybridized carbons (Fsp3) is 1.00. The molecule has 4 heteroatoms. The first-order chi connectivity index (χ1) is 4.85. The molecule has 0 rings (SSSR count). The van der Waals surface area contributed by atoms with Crippen LogP contribution in [0.25, 0.3) is 0 Å². The average molecular weight is 257 g/mol. The molecule has 0 aromatic carbocycles. The number of hydrogen-bond donors (Lipinski definition) is 2. The summed E-state index contributed by atoms with van der Waals surface area (Å²) < 4.78 is 1.15. The Kier molecular flexibility index (Phi) is 8.18. The van der Waals surface area contributed by atoms with Gasteiger partial charge in [0.15, 0.2) is 0 Å². The average Bonchev–Trinajstić information content (AvgIpc) is 1.90. The Morgan fingerprint density at radius 2 is 1.50 bits per heavy atom. The summed E-state index contributed by atoms with van der Waals surface area (Å²) in [7, 11) is 0. The summed E-state index contributed by atoms with van der Waals surface area (Å²) in [5, 5.41) is 0. The zero-order valence-corrected chi connectivity index (χ0v) is 8.38. The summed E-state index contributed by atoms with van der Waals surface area (Å²) in [5.41, 5.74) is 10.8. The molecule has 0 unspecified atom stereocenters. The summed E-state index contributed by atoms with van der Waals surface area (Å²) in [5.74, 6) is 0. The molecule has 0 aliphatic carbocycles. The monoisotopic (exact) mass is 257 g/mol. The Morgan fingerprint density at radius 3 is 1.80 bits per heavy atom. The van der Waals surface area contributed by atoms with E-state index in [0.717, 1.165) is 37.2 Å². The van der Waals surface area contributed by atoms with Gasteiger partial charge in [-0.05, 0) is 0 Å². The van der Waals surface area contributed by atoms with Gasteiger partial charge < -0.3 is 16.4 Å². The van der Waals surface area contributed by atoms with Crippen LogP contribution in [-0.4, -0.2) is 42.1 Å². The van der Waals surface area contributed by atoms with Gasteiger partial charge in [-0.2, -0.15) is 0 Å². The van der Waals surface area contributed by atoms with Crippen LogP contribution < -0.4 is 11.5 Å². The van der Waals surface area contributed by atoms with Gasteiger partial charge in [-0.25, -0.2) is 0 Å². The van der Waals surface area contributed by atoms with Crippen molar-refractivity contribution in [3.63, 3.8) is 0 Å². The van der Waals surface area contributed by atoms with Crippen molar-refractivity contribution in [2.24, 2.45) is 11.5 Å². The van der Waals surface area contributed by atoms with Crippen molar-refractivity contribution < 1.29 is 0 Å². The van der Waals surface area contributed by atoms with Crippen molar-refractivity contribution in [1.29, 1.82) is 0 Å². The van der Waals surface area contributed by atoms with Crippen molar-refractivity contribution in [3.8, 4) is 0 Å². The van der Waals surface area contributed by atoms with Crippen LogP contribution in [-0.2, 0) is 0 Å². The summed E-state index contributed by atoms with van der Waals surface area (Å²) in [6, 6.07) is 0. The van der Waals surface area contributed by atoms with Crippen LogP contribution in [0, 0.1) is 0 Å². The van der Waals surface area contributed by atoms with Crippen molar-refractivity contribution in [3.05, 3.63) is 0 Å². The second kappa shape index (κ2) is 7.71. The van der Waals surface area contributed by atoms with Crippen molar-refractivity contribution in [1.82, 2.24) is 4.90 Å². The Bertz CT molecular complexity index is 55.7. The van der Waals surface area contributed by atoms with Gasteiger partial charge in [0.2, 0.25) is 0 Å². The van der Waals surface area contributed by atoms with Gasteiger partial charge in [-0.15, -0.1) is 0 Å². The lowest BCUT2D eigenvalue weighted by atomic mass is 10.4. The molecule has 0 aromatic heterocycles. The fourth-order valence-electron chi connectivity index (χ4n) is 0.820. The molecule has 0 aliphatic heterocycles. The molecule has 0 bridgehead atoms. The number of hydrogen-bond acceptors (Lipinski definition) is 3. The van der Waals surface area contributed by atoms with Gasteiger partial charge in [0.05, 0.1) is 0 Å². The highest BCUT2D eigenvalue weighted by molar-refractivity contribution is 14.1. The summed E-state index contributed by atoms with van der Waals surface area (Å²) in [6.45, 7) is 4.52. The van der Waals surface area contributed by atoms with E-state index >= 15 is 0 Å². The number of nitrogens with two attached hydrogens (primary N) is 2. The lowest BCUT2D eigenvalue weighted by molar-refractivity contribution is 0.309. The highest BCUT2D eigenvalue weighted by atomic mass is 127. The van der Waals surface area contributed by atoms with E-state index < -0.39 is 0 Å². The predicted molar refractivity (Wildman–Crippen MR) is 53.4 cm³/mol. The molecular weight excluding hydrogens is 241 g/mol. The zero-order chi connectivity index (χ0) is 7.82. The molecule has 10 heavy (non-hydrogen) atoms. The Labute approximate surface area is 76.3 Å². The molecule has 4 N–H and O–H groups in total. The number of nitrogens with zero attached hydrogens (tertiary/aromatic N) is 1. The maximum atomic E-state index is 5.41. The highest BCUT2D eigenvalue weighted by Gasteiger charge is 1.99. The van der Waals surface area contributed by atoms with E-state index in [4.69, 9.17) is 11.5 Å². The van der Waals surface area contributed by atoms with Crippen LogP contribution in [0.4, 0.5) is 0 Å². The molecule has 0 aromatic rings. The number of alkyl halides is 1. The summed E-state index contributed by atoms with van der Waals surface area (Å²) in [4.78, 5) is 2.28. The first-order valence-corrected chi connectivity index (χ1v) is 5.06. The van der Waals surface area contributed by atoms with E-state index in [1.807, 2.05) is 0 Å². The molecule has 0 amide bonds. The van der Waals surface area contributed by atoms with Crippen LogP contribution in [0.5, 0.6) is 0 Å². The van der Waals surface area contributed by atoms with Crippen molar-refractivity contribution in [2.75, 3.05) is 37.2 Å². The van der Waals surface area contributed by atoms with Crippen LogP contribution in [0.1, 0.15) is 0 Å². The first kappa shape index (κ1) is 10.6. The molecule has 3 nitrogen and oxygen atoms in total. The standard InChI is InChI=1S/C6H16IN3/c7-1-4-10(5-2-8)6-3-9/h1-6,8-9H2. The summed E-state index contributed by atoms with van der Waals surface area (Å²) >= 11 is 2.36. The van der Waals surface area contributed by atoms with E-state index in [9.17, 15) is 0 Å². The lowest BCUT2D eigenvalue weighted by Crippen LogP contribution is -2.35. The molecule has 0 radical (unpaired) electrons. The fourth-order valence-corrected chi connectivity index (χ4v) is 1.50. The maximum absolute atomic E-state index is 5.41. The Balaban J connectivity index is 3.30. The molecule has 0 spiro atoms. The van der Waals surface area contributed by atoms with Gasteiger partial charge >= 0.3 is 0 Å². The normalized spacial score (nSPS) is 10.8. The maximum Gasteiger partial charge on any atom is 0.0123 e. The van der Waals surface area contributed by atoms with E-state index in [0.29, 0.717) is 0 Å². The molecule has 0 fully saturated rings. The molecule has 0 atom stereocenters. The van der Waals surface area contributed by atoms with Crippen LogP contribution in [0.2, 0.25) is 0 Å². The highest BCUT2D eigenvalue weighted by Crippen LogP contribution is 1.88. The number of halogens is 1. The van der Waals surface area contributed by atoms with Gasteiger partial charge in [0.1, 0.15) is 0 Å². The SMILES string of the molecule is NCCN(CCN)CCI. The molecule has 0 saturated carbocycles. The lowest BCUT2D eigenvalue weighted by Gasteiger charge is -2.18. The molecule has 0 saturated heterocycles. The smallest absolute Gasteiger partial charge is 0.0123 e. The van der Waals surface area contributed by atoms with Gasteiger partial charge in [0, 0.05) is 37.2 Å². The zero-order valence-electron chi connectivity index (χ0n) is 6.22. The summed E-state index contributed by atoms with van der Waals surface area (Å²) in [6.07, 6.45) is 0. The van der Waals surface area contributed by atoms with E-state index in [1.165, 1.54) is 0 Å². The van der Waals surface area contributed by atoms with Crippen molar-refractivity contribution >= 4 is 22.6 Å². The van der Waals surface area contributed by atoms with Gasteiger partial charge in [0.25, 0.3) is 0 Å². The van der Waals surface area contributed by atoms with Crippen LogP contribution >= 0.6 is 22.6 Å². The van der Waals surface area contributed by atoms with Crippen LogP contribution in [0.15, 0.2) is 0 Å². The first-order valence-electron chi connectivity index (χ1n) is 3.53. The quantitative estimate of drug-likeness (QED) is 0.504. The van der Waals surface area contributed by atoms with E-state index in [-0.39, 0.29) is 0 Å². The van der Waals surface area contributed by atoms with E-state index in [2.05, 4.69) is 27.5 Å². The second-order valence-corrected chi connectivity index (χ2v) is 3.19.